The fourth-order valence-electron chi connectivity index (χ4n) is 4.28. The fraction of sp³-hybridized carbons (Fsp3) is 1.00. The molecule has 1 heteroatoms. The Kier molecular flexibility index (Phi) is 7.73. The Morgan fingerprint density at radius 3 is 1.19 bits per heavy atom. The van der Waals surface area contributed by atoms with Crippen LogP contribution in [0.1, 0.15) is 80.1 Å². The molecule has 0 N–H and O–H groups in total. The molecule has 1 heterocycles. The first kappa shape index (κ1) is 19.5. The minimum atomic E-state index is -1.41. The van der Waals surface area contributed by atoms with E-state index in [1.165, 1.54) is 25.7 Å². The molecule has 0 atom stereocenters. The van der Waals surface area contributed by atoms with Gasteiger partial charge in [0.25, 0.3) is 0 Å². The summed E-state index contributed by atoms with van der Waals surface area (Å²) in [6.07, 6.45) is 17.3. The Morgan fingerprint density at radius 1 is 0.571 bits per heavy atom. The zero-order valence-electron chi connectivity index (χ0n) is 16.0. The van der Waals surface area contributed by atoms with E-state index < -0.39 is 6.60 Å². The summed E-state index contributed by atoms with van der Waals surface area (Å²) in [6.45, 7) is 13.2. The summed E-state index contributed by atoms with van der Waals surface area (Å²) in [5, 5.41) is 0. The summed E-state index contributed by atoms with van der Waals surface area (Å²) >= 11 is 0. The molecule has 0 amide bonds. The molecule has 0 nitrogen and oxygen atoms in total. The van der Waals surface area contributed by atoms with Gasteiger partial charge in [-0.05, 0) is 0 Å². The maximum atomic E-state index is 2.43. The first-order valence-electron chi connectivity index (χ1n) is 9.77. The van der Waals surface area contributed by atoms with Crippen LogP contribution in [0, 0.1) is 17.8 Å². The van der Waals surface area contributed by atoms with Crippen LogP contribution in [0.15, 0.2) is 0 Å². The molecule has 1 saturated heterocycles. The van der Waals surface area contributed by atoms with E-state index in [-0.39, 0.29) is 0 Å². The van der Waals surface area contributed by atoms with Crippen molar-refractivity contribution < 1.29 is 0 Å². The zero-order valence-corrected chi connectivity index (χ0v) is 16.9. The van der Waals surface area contributed by atoms with E-state index in [1.807, 2.05) is 0 Å². The molecule has 128 valence electrons. The van der Waals surface area contributed by atoms with Gasteiger partial charge in [0.05, 0.1) is 0 Å². The second kappa shape index (κ2) is 8.33. The van der Waals surface area contributed by atoms with Gasteiger partial charge in [0.2, 0.25) is 0 Å². The van der Waals surface area contributed by atoms with Gasteiger partial charge >= 0.3 is 135 Å². The van der Waals surface area contributed by atoms with Gasteiger partial charge in [0.15, 0.2) is 0 Å². The van der Waals surface area contributed by atoms with Crippen LogP contribution in [0.4, 0.5) is 0 Å². The summed E-state index contributed by atoms with van der Waals surface area (Å²) in [6, 6.07) is 0. The van der Waals surface area contributed by atoms with Crippen molar-refractivity contribution in [3.05, 3.63) is 0 Å². The topological polar surface area (TPSA) is 0 Å². The normalized spacial score (nSPS) is 23.4. The van der Waals surface area contributed by atoms with Gasteiger partial charge in [-0.3, -0.25) is 0 Å². The van der Waals surface area contributed by atoms with Crippen LogP contribution in [0.2, 0.25) is 0 Å². The standard InChI is InChI=1S/C20H43P/c1-18(2)10-15-21(16-11-19(3)4,17-12-20(5)6)13-8-7-9-14-21/h18-20H,7-17H2,1-6H3. The van der Waals surface area contributed by atoms with Crippen LogP contribution < -0.4 is 0 Å². The van der Waals surface area contributed by atoms with Crippen molar-refractivity contribution in [1.29, 1.82) is 0 Å². The van der Waals surface area contributed by atoms with E-state index in [9.17, 15) is 0 Å². The van der Waals surface area contributed by atoms with Gasteiger partial charge in [-0.2, -0.15) is 0 Å². The Hall–Kier alpha value is 0.430. The Bertz CT molecular complexity index is 246. The third kappa shape index (κ3) is 6.21. The fourth-order valence-corrected chi connectivity index (χ4v) is 12.5. The van der Waals surface area contributed by atoms with E-state index in [0.29, 0.717) is 0 Å². The number of hydrogen-bond acceptors (Lipinski definition) is 0. The Labute approximate surface area is 135 Å². The van der Waals surface area contributed by atoms with Crippen LogP contribution in [0.3, 0.4) is 0 Å². The van der Waals surface area contributed by atoms with Crippen molar-refractivity contribution in [2.24, 2.45) is 17.8 Å². The van der Waals surface area contributed by atoms with Gasteiger partial charge < -0.3 is 0 Å². The molecule has 0 saturated carbocycles. The third-order valence-corrected chi connectivity index (χ3v) is 13.8. The van der Waals surface area contributed by atoms with Crippen LogP contribution in [-0.2, 0) is 0 Å². The van der Waals surface area contributed by atoms with Gasteiger partial charge in [0, 0.05) is 0 Å². The Morgan fingerprint density at radius 2 is 0.905 bits per heavy atom. The average Bonchev–Trinajstić information content (AvgIpc) is 2.43. The second-order valence-electron chi connectivity index (χ2n) is 9.46. The van der Waals surface area contributed by atoms with E-state index in [2.05, 4.69) is 41.5 Å². The third-order valence-electron chi connectivity index (χ3n) is 6.10. The molecule has 0 aliphatic carbocycles. The molecule has 1 aliphatic heterocycles. The molecule has 21 heavy (non-hydrogen) atoms. The number of rotatable bonds is 9. The van der Waals surface area contributed by atoms with Gasteiger partial charge in [-0.1, -0.05) is 0 Å². The number of hydrogen-bond donors (Lipinski definition) is 0. The Balaban J connectivity index is 2.93. The van der Waals surface area contributed by atoms with Crippen LogP contribution >= 0.6 is 6.60 Å². The van der Waals surface area contributed by atoms with Crippen LogP contribution in [-0.4, -0.2) is 30.8 Å². The SMILES string of the molecule is CC(C)CCP1(CCC(C)C)(CCC(C)C)CCCCC1. The van der Waals surface area contributed by atoms with Gasteiger partial charge in [-0.15, -0.1) is 0 Å². The summed E-state index contributed by atoms with van der Waals surface area (Å²) in [4.78, 5) is 0. The molecule has 1 fully saturated rings. The maximum absolute atomic E-state index is 2.43. The summed E-state index contributed by atoms with van der Waals surface area (Å²) in [7, 11) is 0. The van der Waals surface area contributed by atoms with Crippen LogP contribution in [0.25, 0.3) is 0 Å². The minimum absolute atomic E-state index is 0.893. The molecule has 0 bridgehead atoms. The summed E-state index contributed by atoms with van der Waals surface area (Å²) in [5.74, 6) is 2.68. The second-order valence-corrected chi connectivity index (χ2v) is 16.2. The molecule has 1 rings (SSSR count). The molecule has 0 spiro atoms. The summed E-state index contributed by atoms with van der Waals surface area (Å²) < 4.78 is 0. The van der Waals surface area contributed by atoms with Crippen molar-refractivity contribution in [1.82, 2.24) is 0 Å². The van der Waals surface area contributed by atoms with Crippen molar-refractivity contribution in [2.45, 2.75) is 80.1 Å². The predicted octanol–water partition coefficient (Wildman–Crippen LogP) is 6.86. The van der Waals surface area contributed by atoms with E-state index >= 15 is 0 Å². The van der Waals surface area contributed by atoms with Gasteiger partial charge in [0.1, 0.15) is 0 Å². The van der Waals surface area contributed by atoms with Crippen molar-refractivity contribution >= 4 is 6.60 Å². The van der Waals surface area contributed by atoms with Gasteiger partial charge in [-0.25, -0.2) is 0 Å². The molecule has 0 aromatic heterocycles. The van der Waals surface area contributed by atoms with E-state index in [0.717, 1.165) is 17.8 Å². The van der Waals surface area contributed by atoms with Crippen molar-refractivity contribution in [3.63, 3.8) is 0 Å². The zero-order chi connectivity index (χ0) is 16.0. The first-order valence-corrected chi connectivity index (χ1v) is 12.9. The predicted molar refractivity (Wildman–Crippen MR) is 103 cm³/mol. The molecule has 0 radical (unpaired) electrons. The van der Waals surface area contributed by atoms with E-state index in [1.54, 1.807) is 43.7 Å². The molecular formula is C20H43P. The molecular weight excluding hydrogens is 271 g/mol. The summed E-state index contributed by atoms with van der Waals surface area (Å²) in [5.41, 5.74) is 0. The molecule has 1 aliphatic rings. The molecule has 0 aromatic rings. The first-order chi connectivity index (χ1) is 9.77. The quantitative estimate of drug-likeness (QED) is 0.408. The van der Waals surface area contributed by atoms with Crippen molar-refractivity contribution in [2.75, 3.05) is 30.8 Å². The van der Waals surface area contributed by atoms with Crippen molar-refractivity contribution in [3.8, 4) is 0 Å². The molecule has 0 unspecified atom stereocenters. The molecule has 0 aromatic carbocycles. The van der Waals surface area contributed by atoms with E-state index in [4.69, 9.17) is 0 Å². The average molecular weight is 315 g/mol. The van der Waals surface area contributed by atoms with Crippen LogP contribution in [0.5, 0.6) is 0 Å². The monoisotopic (exact) mass is 314 g/mol.